The van der Waals surface area contributed by atoms with Crippen LogP contribution in [0, 0.1) is 31.5 Å². The number of fused-ring (bicyclic) bond motifs is 9. The highest BCUT2D eigenvalue weighted by molar-refractivity contribution is 6.05. The molecule has 1 unspecified atom stereocenters. The summed E-state index contributed by atoms with van der Waals surface area (Å²) in [6.45, 7) is 10.4. The molecule has 5 aromatic rings. The van der Waals surface area contributed by atoms with Crippen LogP contribution in [-0.4, -0.2) is 104 Å². The molecule has 4 aromatic heterocycles. The second kappa shape index (κ2) is 15.9. The zero-order valence-electron chi connectivity index (χ0n) is 35.0. The molecule has 4 bridgehead atoms. The number of benzene rings is 1. The first-order chi connectivity index (χ1) is 29.5. The molecule has 3 saturated heterocycles. The normalized spacial score (nSPS) is 22.9. The maximum absolute atomic E-state index is 15.4. The van der Waals surface area contributed by atoms with E-state index in [1.54, 1.807) is 23.0 Å². The van der Waals surface area contributed by atoms with E-state index >= 15 is 4.39 Å². The molecular weight excluding hydrogens is 778 g/mol. The van der Waals surface area contributed by atoms with Gasteiger partial charge in [-0.1, -0.05) is 0 Å². The van der Waals surface area contributed by atoms with Gasteiger partial charge in [0.25, 0.3) is 5.91 Å². The van der Waals surface area contributed by atoms with Gasteiger partial charge in [0, 0.05) is 88.3 Å². The highest BCUT2D eigenvalue weighted by Gasteiger charge is 2.34. The van der Waals surface area contributed by atoms with E-state index in [0.717, 1.165) is 112 Å². The average molecular weight is 830 g/mol. The Morgan fingerprint density at radius 3 is 2.44 bits per heavy atom. The molecular formula is C45H52FN11O4. The minimum atomic E-state index is -0.748. The molecule has 61 heavy (non-hydrogen) atoms. The number of aryl methyl sites for hydroxylation is 3. The smallest absolute Gasteiger partial charge is 0.258 e. The topological polar surface area (TPSA) is 156 Å². The van der Waals surface area contributed by atoms with Gasteiger partial charge in [0.2, 0.25) is 23.6 Å². The Morgan fingerprint density at radius 1 is 0.836 bits per heavy atom. The molecule has 3 atom stereocenters. The fourth-order valence-electron chi connectivity index (χ4n) is 10.3. The van der Waals surface area contributed by atoms with Crippen molar-refractivity contribution in [2.45, 2.75) is 77.3 Å². The van der Waals surface area contributed by atoms with Crippen LogP contribution in [-0.2, 0) is 23.2 Å². The van der Waals surface area contributed by atoms with Gasteiger partial charge in [-0.2, -0.15) is 5.10 Å². The average Bonchev–Trinajstić information content (AvgIpc) is 3.96. The van der Waals surface area contributed by atoms with Crippen molar-refractivity contribution in [3.8, 4) is 17.1 Å². The molecule has 10 rings (SSSR count). The number of ether oxygens (including phenoxy) is 1. The molecule has 2 N–H and O–H groups in total. The van der Waals surface area contributed by atoms with E-state index in [1.165, 1.54) is 6.07 Å². The molecule has 1 aromatic carbocycles. The molecule has 318 valence electrons. The van der Waals surface area contributed by atoms with Crippen LogP contribution in [0.15, 0.2) is 42.6 Å². The Labute approximate surface area is 353 Å². The number of halogens is 1. The number of carbonyl (C=O) groups is 3. The molecule has 1 saturated carbocycles. The number of pyridine rings is 2. The Bertz CT molecular complexity index is 2540. The quantitative estimate of drug-likeness (QED) is 0.225. The molecule has 5 aliphatic rings. The lowest BCUT2D eigenvalue weighted by Gasteiger charge is -2.44. The van der Waals surface area contributed by atoms with Gasteiger partial charge in [-0.25, -0.2) is 14.1 Å². The molecule has 8 heterocycles. The number of nitrogens with one attached hydrogen (secondary N) is 2. The summed E-state index contributed by atoms with van der Waals surface area (Å²) < 4.78 is 25.8. The van der Waals surface area contributed by atoms with Crippen LogP contribution in [0.2, 0.25) is 0 Å². The second-order valence-electron chi connectivity index (χ2n) is 17.6. The Morgan fingerprint density at radius 2 is 1.64 bits per heavy atom. The lowest BCUT2D eigenvalue weighted by Crippen LogP contribution is -2.53. The minimum absolute atomic E-state index is 0.123. The maximum Gasteiger partial charge on any atom is 0.258 e. The van der Waals surface area contributed by atoms with Crippen LogP contribution < -0.4 is 25.2 Å². The zero-order valence-corrected chi connectivity index (χ0v) is 35.0. The highest BCUT2D eigenvalue weighted by Crippen LogP contribution is 2.38. The van der Waals surface area contributed by atoms with Crippen LogP contribution in [0.25, 0.3) is 22.3 Å². The van der Waals surface area contributed by atoms with Crippen molar-refractivity contribution in [3.63, 3.8) is 0 Å². The van der Waals surface area contributed by atoms with Crippen molar-refractivity contribution in [2.24, 2.45) is 18.9 Å². The number of rotatable bonds is 4. The molecule has 1 aliphatic carbocycles. The van der Waals surface area contributed by atoms with E-state index in [1.807, 2.05) is 20.9 Å². The number of anilines is 3. The fraction of sp³-hybridized carbons (Fsp3) is 0.489. The van der Waals surface area contributed by atoms with Crippen molar-refractivity contribution in [3.05, 3.63) is 71.1 Å². The van der Waals surface area contributed by atoms with E-state index in [4.69, 9.17) is 14.7 Å². The molecule has 4 fully saturated rings. The standard InChI is InChI=1S/C45H52FN11O4/c1-26-18-30-20-37(48-26)34-23-47-53(3)44(34)61-25-29-5-4-28(19-29)24-57-39-21-32(6-8-36(39)50-45(57)52-42(30)59)55-16-14-54(15-17-55)31-10-12-56(13-11-31)38-22-35(46)41(49-27(38)2)33-7-9-40(58)51-43(33)60/h6,8,18,20-23,28-29,31,33H,4-5,7,9-17,19,24-25H2,1-3H3,(H,50,52,59)(H,51,58,60)/t28-,29+,33?/m1/s1. The van der Waals surface area contributed by atoms with Crippen molar-refractivity contribution in [2.75, 3.05) is 61.0 Å². The molecule has 3 amide bonds. The second-order valence-corrected chi connectivity index (χ2v) is 17.6. The first kappa shape index (κ1) is 39.2. The zero-order chi connectivity index (χ0) is 41.9. The molecule has 0 radical (unpaired) electrons. The molecule has 16 heteroatoms. The van der Waals surface area contributed by atoms with Crippen LogP contribution >= 0.6 is 0 Å². The first-order valence-electron chi connectivity index (χ1n) is 21.7. The maximum atomic E-state index is 15.4. The number of imidazole rings is 1. The number of aromatic nitrogens is 6. The molecule has 0 spiro atoms. The summed E-state index contributed by atoms with van der Waals surface area (Å²) in [7, 11) is 1.87. The predicted molar refractivity (Wildman–Crippen MR) is 228 cm³/mol. The van der Waals surface area contributed by atoms with Gasteiger partial charge in [-0.3, -0.25) is 39.9 Å². The van der Waals surface area contributed by atoms with E-state index < -0.39 is 17.6 Å². The third kappa shape index (κ3) is 7.59. The molecule has 15 nitrogen and oxygen atoms in total. The largest absolute Gasteiger partial charge is 0.477 e. The Hall–Kier alpha value is -5.90. The summed E-state index contributed by atoms with van der Waals surface area (Å²) in [5.74, 6) is -0.237. The highest BCUT2D eigenvalue weighted by atomic mass is 19.1. The number of carbonyl (C=O) groups excluding carboxylic acids is 3. The van der Waals surface area contributed by atoms with Gasteiger partial charge in [-0.15, -0.1) is 0 Å². The summed E-state index contributed by atoms with van der Waals surface area (Å²) in [4.78, 5) is 59.6. The predicted octanol–water partition coefficient (Wildman–Crippen LogP) is 5.35. The Kier molecular flexibility index (Phi) is 10.2. The van der Waals surface area contributed by atoms with E-state index in [0.29, 0.717) is 53.3 Å². The van der Waals surface area contributed by atoms with Crippen molar-refractivity contribution in [1.82, 2.24) is 39.5 Å². The fourth-order valence-corrected chi connectivity index (χ4v) is 10.3. The number of piperidine rings is 2. The lowest BCUT2D eigenvalue weighted by atomic mass is 9.93. The minimum Gasteiger partial charge on any atom is -0.477 e. The number of imide groups is 1. The van der Waals surface area contributed by atoms with E-state index in [9.17, 15) is 14.4 Å². The van der Waals surface area contributed by atoms with Crippen LogP contribution in [0.4, 0.5) is 21.7 Å². The van der Waals surface area contributed by atoms with Crippen molar-refractivity contribution >= 4 is 46.1 Å². The summed E-state index contributed by atoms with van der Waals surface area (Å²) in [5, 5.41) is 9.96. The van der Waals surface area contributed by atoms with Gasteiger partial charge in [-0.05, 0) is 94.5 Å². The van der Waals surface area contributed by atoms with Gasteiger partial charge in [0.1, 0.15) is 5.82 Å². The number of hydrogen-bond donors (Lipinski definition) is 2. The third-order valence-corrected chi connectivity index (χ3v) is 13.6. The van der Waals surface area contributed by atoms with Crippen LogP contribution in [0.3, 0.4) is 0 Å². The number of piperazine rings is 1. The summed E-state index contributed by atoms with van der Waals surface area (Å²) in [6, 6.07) is 12.0. The summed E-state index contributed by atoms with van der Waals surface area (Å²) in [5.41, 5.74) is 7.26. The van der Waals surface area contributed by atoms with Gasteiger partial charge in [0.15, 0.2) is 0 Å². The van der Waals surface area contributed by atoms with Gasteiger partial charge < -0.3 is 19.1 Å². The third-order valence-electron chi connectivity index (χ3n) is 13.6. The number of hydrogen-bond acceptors (Lipinski definition) is 11. The summed E-state index contributed by atoms with van der Waals surface area (Å²) >= 11 is 0. The monoisotopic (exact) mass is 829 g/mol. The first-order valence-corrected chi connectivity index (χ1v) is 21.7. The number of nitrogens with zero attached hydrogens (tertiary/aromatic N) is 9. The van der Waals surface area contributed by atoms with Crippen molar-refractivity contribution in [1.29, 1.82) is 0 Å². The van der Waals surface area contributed by atoms with Gasteiger partial charge >= 0.3 is 0 Å². The van der Waals surface area contributed by atoms with Crippen molar-refractivity contribution < 1.29 is 23.5 Å². The summed E-state index contributed by atoms with van der Waals surface area (Å²) in [6.07, 6.45) is 7.32. The number of amides is 3. The van der Waals surface area contributed by atoms with Crippen LogP contribution in [0.5, 0.6) is 5.88 Å². The van der Waals surface area contributed by atoms with E-state index in [2.05, 4.69) is 58.2 Å². The lowest BCUT2D eigenvalue weighted by molar-refractivity contribution is -0.134. The van der Waals surface area contributed by atoms with Gasteiger partial charge in [0.05, 0.1) is 58.1 Å². The van der Waals surface area contributed by atoms with E-state index in [-0.39, 0.29) is 30.3 Å². The molecule has 4 aliphatic heterocycles. The Balaban J connectivity index is 0.826. The SMILES string of the molecule is Cc1cc2cc(n1)-c1cnn(C)c1OC[C@H]1CC[C@H](C1)Cn1c(nc3ccc(N4CCN(C5CCN(c6cc(F)c(C7CCC(=O)NC7=O)nc6C)CC5)CC4)cc31)NC2=O. The van der Waals surface area contributed by atoms with Crippen LogP contribution in [0.1, 0.15) is 78.3 Å².